The second kappa shape index (κ2) is 6.70. The molecule has 2 amide bonds. The van der Waals surface area contributed by atoms with E-state index in [1.807, 2.05) is 29.2 Å². The van der Waals surface area contributed by atoms with Crippen LogP contribution in [0.5, 0.6) is 5.75 Å². The van der Waals surface area contributed by atoms with E-state index in [-0.39, 0.29) is 5.91 Å². The number of hydrogen-bond acceptors (Lipinski definition) is 3. The average Bonchev–Trinajstić information content (AvgIpc) is 2.63. The van der Waals surface area contributed by atoms with E-state index >= 15 is 0 Å². The Morgan fingerprint density at radius 3 is 2.76 bits per heavy atom. The largest absolute Gasteiger partial charge is 0.497 e. The second-order valence-corrected chi connectivity index (χ2v) is 7.69. The first-order chi connectivity index (χ1) is 12.1. The fraction of sp³-hybridized carbons (Fsp3) is 0.600. The van der Waals surface area contributed by atoms with E-state index in [4.69, 9.17) is 4.74 Å². The van der Waals surface area contributed by atoms with Gasteiger partial charge >= 0.3 is 0 Å². The molecule has 3 saturated heterocycles. The van der Waals surface area contributed by atoms with E-state index in [9.17, 15) is 9.59 Å². The van der Waals surface area contributed by atoms with Gasteiger partial charge in [0.15, 0.2) is 0 Å². The Kier molecular flexibility index (Phi) is 4.40. The van der Waals surface area contributed by atoms with Crippen molar-refractivity contribution in [2.45, 2.75) is 38.1 Å². The maximum absolute atomic E-state index is 12.8. The number of amides is 2. The molecule has 3 fully saturated rings. The van der Waals surface area contributed by atoms with Gasteiger partial charge in [0.25, 0.3) is 0 Å². The van der Waals surface area contributed by atoms with Gasteiger partial charge in [-0.05, 0) is 48.8 Å². The first-order valence-corrected chi connectivity index (χ1v) is 9.34. The van der Waals surface area contributed by atoms with Crippen LogP contribution in [0.1, 0.15) is 31.2 Å². The Morgan fingerprint density at radius 2 is 2.00 bits per heavy atom. The standard InChI is InChI=1S/C20H26N2O3/c1-25-17-7-5-14(6-8-17)10-20(24)21-11-15-9-16(13-21)18-3-2-4-19(23)22(18)12-15/h5-8,15-16,18H,2-4,9-13H2,1H3/t15-,16+,18+/m1/s1. The predicted molar refractivity (Wildman–Crippen MR) is 94.2 cm³/mol. The minimum absolute atomic E-state index is 0.204. The molecule has 5 heteroatoms. The first-order valence-electron chi connectivity index (χ1n) is 9.34. The van der Waals surface area contributed by atoms with Crippen molar-refractivity contribution in [2.24, 2.45) is 11.8 Å². The van der Waals surface area contributed by atoms with Gasteiger partial charge in [0.2, 0.25) is 11.8 Å². The fourth-order valence-electron chi connectivity index (χ4n) is 4.84. The number of piperidine rings is 3. The minimum Gasteiger partial charge on any atom is -0.497 e. The highest BCUT2D eigenvalue weighted by Gasteiger charge is 2.44. The summed E-state index contributed by atoms with van der Waals surface area (Å²) in [5.41, 5.74) is 1.02. The molecule has 0 radical (unpaired) electrons. The number of likely N-dealkylation sites (tertiary alicyclic amines) is 1. The van der Waals surface area contributed by atoms with Gasteiger partial charge in [-0.1, -0.05) is 12.1 Å². The molecule has 1 aromatic rings. The molecule has 2 bridgehead atoms. The van der Waals surface area contributed by atoms with Crippen LogP contribution in [0.4, 0.5) is 0 Å². The summed E-state index contributed by atoms with van der Waals surface area (Å²) in [7, 11) is 1.64. The number of fused-ring (bicyclic) bond motifs is 4. The molecule has 0 aromatic heterocycles. The lowest BCUT2D eigenvalue weighted by Gasteiger charge is -2.52. The zero-order valence-corrected chi connectivity index (χ0v) is 14.8. The quantitative estimate of drug-likeness (QED) is 0.845. The van der Waals surface area contributed by atoms with E-state index in [0.29, 0.717) is 36.6 Å². The van der Waals surface area contributed by atoms with Crippen molar-refractivity contribution in [3.63, 3.8) is 0 Å². The number of rotatable bonds is 3. The SMILES string of the molecule is COc1ccc(CC(=O)N2C[C@H]3C[C@@H](C2)[C@@H]2CCCC(=O)N2C3)cc1. The Balaban J connectivity index is 1.42. The van der Waals surface area contributed by atoms with Crippen molar-refractivity contribution in [3.8, 4) is 5.75 Å². The summed E-state index contributed by atoms with van der Waals surface area (Å²) in [6.07, 6.45) is 4.41. The maximum Gasteiger partial charge on any atom is 0.227 e. The van der Waals surface area contributed by atoms with Gasteiger partial charge in [-0.3, -0.25) is 9.59 Å². The molecule has 0 N–H and O–H groups in total. The van der Waals surface area contributed by atoms with Crippen molar-refractivity contribution in [1.82, 2.24) is 9.80 Å². The summed E-state index contributed by atoms with van der Waals surface area (Å²) in [6.45, 7) is 2.44. The smallest absolute Gasteiger partial charge is 0.227 e. The van der Waals surface area contributed by atoms with Crippen molar-refractivity contribution >= 4 is 11.8 Å². The number of ether oxygens (including phenoxy) is 1. The summed E-state index contributed by atoms with van der Waals surface area (Å²) < 4.78 is 5.17. The molecule has 0 unspecified atom stereocenters. The molecule has 0 spiro atoms. The average molecular weight is 342 g/mol. The molecule has 0 aliphatic carbocycles. The van der Waals surface area contributed by atoms with Gasteiger partial charge < -0.3 is 14.5 Å². The Hall–Kier alpha value is -2.04. The number of carbonyl (C=O) groups excluding carboxylic acids is 2. The molecule has 25 heavy (non-hydrogen) atoms. The lowest BCUT2D eigenvalue weighted by molar-refractivity contribution is -0.148. The first kappa shape index (κ1) is 16.4. The Labute approximate surface area is 148 Å². The van der Waals surface area contributed by atoms with Gasteiger partial charge in [0, 0.05) is 32.1 Å². The summed E-state index contributed by atoms with van der Waals surface area (Å²) in [6, 6.07) is 8.08. The van der Waals surface area contributed by atoms with Crippen LogP contribution in [0.3, 0.4) is 0 Å². The van der Waals surface area contributed by atoms with E-state index < -0.39 is 0 Å². The normalized spacial score (nSPS) is 28.5. The van der Waals surface area contributed by atoms with E-state index in [0.717, 1.165) is 43.8 Å². The molecule has 3 aliphatic heterocycles. The van der Waals surface area contributed by atoms with Crippen molar-refractivity contribution in [3.05, 3.63) is 29.8 Å². The molecule has 134 valence electrons. The molecular formula is C20H26N2O3. The monoisotopic (exact) mass is 342 g/mol. The van der Waals surface area contributed by atoms with Gasteiger partial charge in [-0.15, -0.1) is 0 Å². The zero-order chi connectivity index (χ0) is 17.4. The molecular weight excluding hydrogens is 316 g/mol. The maximum atomic E-state index is 12.8. The molecule has 4 rings (SSSR count). The third-order valence-electron chi connectivity index (χ3n) is 6.05. The molecule has 3 atom stereocenters. The summed E-state index contributed by atoms with van der Waals surface area (Å²) >= 11 is 0. The number of hydrogen-bond donors (Lipinski definition) is 0. The van der Waals surface area contributed by atoms with Crippen LogP contribution < -0.4 is 4.74 Å². The Morgan fingerprint density at radius 1 is 1.20 bits per heavy atom. The minimum atomic E-state index is 0.204. The molecule has 0 saturated carbocycles. The van der Waals surface area contributed by atoms with E-state index in [1.165, 1.54) is 6.42 Å². The van der Waals surface area contributed by atoms with Gasteiger partial charge in [0.1, 0.15) is 5.75 Å². The predicted octanol–water partition coefficient (Wildman–Crippen LogP) is 2.10. The lowest BCUT2D eigenvalue weighted by atomic mass is 9.76. The lowest BCUT2D eigenvalue weighted by Crippen LogP contribution is -2.61. The van der Waals surface area contributed by atoms with Crippen molar-refractivity contribution < 1.29 is 14.3 Å². The van der Waals surface area contributed by atoms with Crippen LogP contribution in [-0.2, 0) is 16.0 Å². The molecule has 3 heterocycles. The topological polar surface area (TPSA) is 49.9 Å². The number of nitrogens with zero attached hydrogens (tertiary/aromatic N) is 2. The van der Waals surface area contributed by atoms with E-state index in [1.54, 1.807) is 7.11 Å². The van der Waals surface area contributed by atoms with E-state index in [2.05, 4.69) is 4.90 Å². The van der Waals surface area contributed by atoms with Gasteiger partial charge in [0.05, 0.1) is 13.5 Å². The fourth-order valence-corrected chi connectivity index (χ4v) is 4.84. The highest BCUT2D eigenvalue weighted by molar-refractivity contribution is 5.79. The van der Waals surface area contributed by atoms with Gasteiger partial charge in [-0.2, -0.15) is 0 Å². The highest BCUT2D eigenvalue weighted by atomic mass is 16.5. The van der Waals surface area contributed by atoms with Crippen molar-refractivity contribution in [1.29, 1.82) is 0 Å². The van der Waals surface area contributed by atoms with Crippen LogP contribution in [0.25, 0.3) is 0 Å². The molecule has 3 aliphatic rings. The Bertz CT molecular complexity index is 657. The van der Waals surface area contributed by atoms with Crippen molar-refractivity contribution in [2.75, 3.05) is 26.7 Å². The summed E-state index contributed by atoms with van der Waals surface area (Å²) in [5.74, 6) is 2.23. The second-order valence-electron chi connectivity index (χ2n) is 7.69. The number of benzene rings is 1. The third-order valence-corrected chi connectivity index (χ3v) is 6.05. The molecule has 1 aromatic carbocycles. The molecule has 5 nitrogen and oxygen atoms in total. The zero-order valence-electron chi connectivity index (χ0n) is 14.8. The van der Waals surface area contributed by atoms with Crippen LogP contribution in [0, 0.1) is 11.8 Å². The number of carbonyl (C=O) groups is 2. The van der Waals surface area contributed by atoms with Crippen LogP contribution in [0.2, 0.25) is 0 Å². The van der Waals surface area contributed by atoms with Gasteiger partial charge in [-0.25, -0.2) is 0 Å². The summed E-state index contributed by atoms with van der Waals surface area (Å²) in [5, 5.41) is 0. The van der Waals surface area contributed by atoms with Crippen LogP contribution in [-0.4, -0.2) is 54.4 Å². The van der Waals surface area contributed by atoms with Crippen LogP contribution in [0.15, 0.2) is 24.3 Å². The number of methoxy groups -OCH3 is 1. The summed E-state index contributed by atoms with van der Waals surface area (Å²) in [4.78, 5) is 29.2. The third kappa shape index (κ3) is 3.24. The highest BCUT2D eigenvalue weighted by Crippen LogP contribution is 2.38. The van der Waals surface area contributed by atoms with Crippen LogP contribution >= 0.6 is 0 Å².